The number of carbonyl (C=O) groups excluding carboxylic acids is 1. The van der Waals surface area contributed by atoms with Gasteiger partial charge in [0.15, 0.2) is 0 Å². The molecule has 0 bridgehead atoms. The van der Waals surface area contributed by atoms with Gasteiger partial charge in [-0.05, 0) is 55.5 Å². The lowest BCUT2D eigenvalue weighted by atomic mass is 10.1. The standard InChI is InChI=1S/C22H21ClN4O2/c1-2-29-19-8-9-20-16(13-19)12-17(14-24)21(27-20)25-10-3-11-26-22(28)15-4-6-18(23)7-5-15/h4-9,12-13H,2-3,10-11H2,1H3,(H,25,27)(H,26,28)/p+1. The molecule has 0 aliphatic rings. The average Bonchev–Trinajstić information content (AvgIpc) is 2.73. The summed E-state index contributed by atoms with van der Waals surface area (Å²) in [5, 5.41) is 17.1. The van der Waals surface area contributed by atoms with Gasteiger partial charge < -0.3 is 10.1 Å². The van der Waals surface area contributed by atoms with Crippen molar-refractivity contribution in [2.24, 2.45) is 0 Å². The summed E-state index contributed by atoms with van der Waals surface area (Å²) in [6.07, 6.45) is 0.708. The lowest BCUT2D eigenvalue weighted by Gasteiger charge is -2.07. The number of fused-ring (bicyclic) bond motifs is 1. The maximum Gasteiger partial charge on any atom is 0.290 e. The summed E-state index contributed by atoms with van der Waals surface area (Å²) in [7, 11) is 0. The molecule has 0 unspecified atom stereocenters. The lowest BCUT2D eigenvalue weighted by Crippen LogP contribution is -2.26. The first-order valence-electron chi connectivity index (χ1n) is 9.41. The highest BCUT2D eigenvalue weighted by Crippen LogP contribution is 2.21. The van der Waals surface area contributed by atoms with Crippen LogP contribution in [0.3, 0.4) is 0 Å². The summed E-state index contributed by atoms with van der Waals surface area (Å²) in [6, 6.07) is 16.5. The highest BCUT2D eigenvalue weighted by Gasteiger charge is 2.13. The second-order valence-electron chi connectivity index (χ2n) is 6.40. The zero-order valence-corrected chi connectivity index (χ0v) is 16.8. The molecule has 1 amide bonds. The zero-order valence-electron chi connectivity index (χ0n) is 16.1. The Bertz CT molecular complexity index is 1050. The molecule has 0 atom stereocenters. The van der Waals surface area contributed by atoms with Crippen molar-refractivity contribution in [1.82, 2.24) is 5.32 Å². The average molecular weight is 410 g/mol. The second-order valence-corrected chi connectivity index (χ2v) is 6.83. The van der Waals surface area contributed by atoms with Crippen LogP contribution in [0.1, 0.15) is 29.3 Å². The van der Waals surface area contributed by atoms with Gasteiger partial charge in [0.25, 0.3) is 11.7 Å². The van der Waals surface area contributed by atoms with E-state index in [1.165, 1.54) is 0 Å². The van der Waals surface area contributed by atoms with E-state index in [4.69, 9.17) is 16.3 Å². The highest BCUT2D eigenvalue weighted by atomic mass is 35.5. The summed E-state index contributed by atoms with van der Waals surface area (Å²) < 4.78 is 5.51. The summed E-state index contributed by atoms with van der Waals surface area (Å²) in [5.74, 6) is 1.30. The van der Waals surface area contributed by atoms with Crippen LogP contribution in [0.25, 0.3) is 10.9 Å². The molecule has 2 aromatic carbocycles. The molecule has 1 aromatic heterocycles. The van der Waals surface area contributed by atoms with Crippen molar-refractivity contribution in [3.8, 4) is 11.8 Å². The fourth-order valence-corrected chi connectivity index (χ4v) is 3.02. The van der Waals surface area contributed by atoms with Crippen molar-refractivity contribution in [2.45, 2.75) is 13.3 Å². The number of hydrogen-bond donors (Lipinski definition) is 2. The Balaban J connectivity index is 1.56. The Hall–Kier alpha value is -3.30. The molecule has 29 heavy (non-hydrogen) atoms. The van der Waals surface area contributed by atoms with Crippen LogP contribution < -0.4 is 20.4 Å². The highest BCUT2D eigenvalue weighted by molar-refractivity contribution is 6.30. The maximum absolute atomic E-state index is 12.1. The number of H-pyrrole nitrogens is 1. The van der Waals surface area contributed by atoms with E-state index in [2.05, 4.69) is 21.7 Å². The van der Waals surface area contributed by atoms with Crippen molar-refractivity contribution < 1.29 is 14.5 Å². The first kappa shape index (κ1) is 20.4. The maximum atomic E-state index is 12.1. The van der Waals surface area contributed by atoms with Gasteiger partial charge in [0, 0.05) is 28.9 Å². The molecule has 0 radical (unpaired) electrons. The van der Waals surface area contributed by atoms with E-state index in [-0.39, 0.29) is 5.91 Å². The zero-order chi connectivity index (χ0) is 20.6. The topological polar surface area (TPSA) is 88.3 Å². The summed E-state index contributed by atoms with van der Waals surface area (Å²) >= 11 is 5.83. The quantitative estimate of drug-likeness (QED) is 0.554. The van der Waals surface area contributed by atoms with E-state index in [0.717, 1.165) is 16.7 Å². The lowest BCUT2D eigenvalue weighted by molar-refractivity contribution is -0.327. The van der Waals surface area contributed by atoms with Crippen molar-refractivity contribution >= 4 is 34.2 Å². The molecular weight excluding hydrogens is 388 g/mol. The minimum absolute atomic E-state index is 0.137. The van der Waals surface area contributed by atoms with E-state index in [9.17, 15) is 10.1 Å². The van der Waals surface area contributed by atoms with E-state index < -0.39 is 0 Å². The molecule has 3 aromatic rings. The molecule has 0 aliphatic carbocycles. The van der Waals surface area contributed by atoms with Crippen LogP contribution in [-0.4, -0.2) is 25.6 Å². The van der Waals surface area contributed by atoms with Gasteiger partial charge in [-0.2, -0.15) is 5.26 Å². The molecule has 7 heteroatoms. The number of nitriles is 1. The second kappa shape index (κ2) is 9.76. The van der Waals surface area contributed by atoms with Gasteiger partial charge in [-0.1, -0.05) is 11.6 Å². The predicted octanol–water partition coefficient (Wildman–Crippen LogP) is 3.81. The van der Waals surface area contributed by atoms with Crippen LogP contribution >= 0.6 is 11.6 Å². The van der Waals surface area contributed by atoms with Crippen molar-refractivity contribution in [3.05, 3.63) is 64.7 Å². The number of nitrogens with zero attached hydrogens (tertiary/aromatic N) is 1. The number of anilines is 1. The molecule has 0 saturated carbocycles. The Morgan fingerprint density at radius 2 is 1.97 bits per heavy atom. The van der Waals surface area contributed by atoms with Gasteiger partial charge in [-0.15, -0.1) is 0 Å². The SMILES string of the molecule is CCOc1ccc2[nH+]c(NCCCNC(=O)c3ccc(Cl)cc3)c(C#N)cc2c1. The number of pyridine rings is 1. The minimum Gasteiger partial charge on any atom is -0.494 e. The van der Waals surface area contributed by atoms with Gasteiger partial charge in [-0.25, -0.2) is 4.98 Å². The Morgan fingerprint density at radius 1 is 1.17 bits per heavy atom. The first-order valence-corrected chi connectivity index (χ1v) is 9.79. The largest absolute Gasteiger partial charge is 0.494 e. The first-order chi connectivity index (χ1) is 14.1. The van der Waals surface area contributed by atoms with Gasteiger partial charge in [-0.3, -0.25) is 10.1 Å². The van der Waals surface area contributed by atoms with Gasteiger partial charge in [0.2, 0.25) is 0 Å². The number of nitrogens with one attached hydrogen (secondary N) is 3. The number of carbonyl (C=O) groups is 1. The van der Waals surface area contributed by atoms with Gasteiger partial charge >= 0.3 is 0 Å². The summed E-state index contributed by atoms with van der Waals surface area (Å²) in [5.41, 5.74) is 2.01. The van der Waals surface area contributed by atoms with Gasteiger partial charge in [0.05, 0.1) is 13.2 Å². The number of benzene rings is 2. The van der Waals surface area contributed by atoms with Crippen LogP contribution in [0.5, 0.6) is 5.75 Å². The van der Waals surface area contributed by atoms with Crippen LogP contribution in [0.15, 0.2) is 48.5 Å². The van der Waals surface area contributed by atoms with Crippen LogP contribution in [0, 0.1) is 11.3 Å². The fourth-order valence-electron chi connectivity index (χ4n) is 2.89. The summed E-state index contributed by atoms with van der Waals surface area (Å²) in [4.78, 5) is 15.3. The minimum atomic E-state index is -0.137. The number of rotatable bonds is 8. The molecule has 0 spiro atoms. The Kier molecular flexibility index (Phi) is 6.88. The molecule has 3 N–H and O–H groups in total. The molecule has 1 heterocycles. The number of aromatic amines is 1. The Labute approximate surface area is 174 Å². The molecular formula is C22H22ClN4O2+. The number of amides is 1. The number of hydrogen-bond acceptors (Lipinski definition) is 4. The molecule has 3 rings (SSSR count). The molecule has 148 valence electrons. The monoisotopic (exact) mass is 409 g/mol. The van der Waals surface area contributed by atoms with Crippen molar-refractivity contribution in [1.29, 1.82) is 5.26 Å². The number of aromatic nitrogens is 1. The number of halogens is 1. The third-order valence-electron chi connectivity index (χ3n) is 4.33. The fraction of sp³-hybridized carbons (Fsp3) is 0.227. The molecule has 0 aliphatic heterocycles. The Morgan fingerprint density at radius 3 is 2.69 bits per heavy atom. The third kappa shape index (κ3) is 5.37. The molecule has 6 nitrogen and oxygen atoms in total. The third-order valence-corrected chi connectivity index (χ3v) is 4.58. The van der Waals surface area contributed by atoms with Crippen molar-refractivity contribution in [2.75, 3.05) is 25.0 Å². The van der Waals surface area contributed by atoms with Crippen LogP contribution in [0.4, 0.5) is 5.82 Å². The molecule has 0 saturated heterocycles. The summed E-state index contributed by atoms with van der Waals surface area (Å²) in [6.45, 7) is 3.65. The van der Waals surface area contributed by atoms with E-state index in [1.54, 1.807) is 24.3 Å². The predicted molar refractivity (Wildman–Crippen MR) is 113 cm³/mol. The van der Waals surface area contributed by atoms with Gasteiger partial charge in [0.1, 0.15) is 22.9 Å². The number of ether oxygens (including phenoxy) is 1. The normalized spacial score (nSPS) is 10.4. The van der Waals surface area contributed by atoms with Crippen molar-refractivity contribution in [3.63, 3.8) is 0 Å². The van der Waals surface area contributed by atoms with Crippen LogP contribution in [0.2, 0.25) is 5.02 Å². The van der Waals surface area contributed by atoms with E-state index in [1.807, 2.05) is 31.2 Å². The molecule has 0 fully saturated rings. The smallest absolute Gasteiger partial charge is 0.290 e. The van der Waals surface area contributed by atoms with Crippen LogP contribution in [-0.2, 0) is 0 Å². The van der Waals surface area contributed by atoms with E-state index >= 15 is 0 Å². The van der Waals surface area contributed by atoms with E-state index in [0.29, 0.717) is 48.1 Å².